The number of thioether (sulfide) groups is 1. The van der Waals surface area contributed by atoms with Crippen LogP contribution in [0, 0.1) is 20.2 Å². The maximum atomic E-state index is 12.1. The number of hydrogen-bond acceptors (Lipinski definition) is 8. The van der Waals surface area contributed by atoms with Crippen molar-refractivity contribution in [2.45, 2.75) is 4.34 Å². The number of nitro benzene ring substituents is 2. The van der Waals surface area contributed by atoms with Gasteiger partial charge in [0.2, 0.25) is 5.91 Å². The minimum absolute atomic E-state index is 0.00790. The fraction of sp³-hybridized carbons (Fsp3) is 0.0667. The van der Waals surface area contributed by atoms with Crippen LogP contribution >= 0.6 is 23.1 Å². The normalized spacial score (nSPS) is 10.6. The summed E-state index contributed by atoms with van der Waals surface area (Å²) >= 11 is 2.66. The van der Waals surface area contributed by atoms with E-state index in [1.54, 1.807) is 0 Å². The van der Waals surface area contributed by atoms with Crippen LogP contribution in [0.1, 0.15) is 0 Å². The van der Waals surface area contributed by atoms with Crippen LogP contribution < -0.4 is 5.32 Å². The third-order valence-corrected chi connectivity index (χ3v) is 5.44. The van der Waals surface area contributed by atoms with Crippen LogP contribution in [0.4, 0.5) is 17.1 Å². The fourth-order valence-corrected chi connectivity index (χ4v) is 3.99. The lowest BCUT2D eigenvalue weighted by molar-refractivity contribution is -0.393. The van der Waals surface area contributed by atoms with E-state index in [4.69, 9.17) is 0 Å². The molecule has 9 nitrogen and oxygen atoms in total. The minimum Gasteiger partial charge on any atom is -0.320 e. The first kappa shape index (κ1) is 17.8. The molecule has 1 amide bonds. The topological polar surface area (TPSA) is 128 Å². The Morgan fingerprint density at radius 1 is 1.15 bits per heavy atom. The smallest absolute Gasteiger partial charge is 0.299 e. The zero-order valence-corrected chi connectivity index (χ0v) is 14.6. The highest BCUT2D eigenvalue weighted by molar-refractivity contribution is 8.01. The summed E-state index contributed by atoms with van der Waals surface area (Å²) in [5.74, 6) is -0.459. The molecule has 132 valence electrons. The van der Waals surface area contributed by atoms with Gasteiger partial charge in [-0.05, 0) is 18.2 Å². The van der Waals surface area contributed by atoms with Crippen LogP contribution in [0.5, 0.6) is 0 Å². The minimum atomic E-state index is -0.775. The standard InChI is InChI=1S/C15H10N4O5S2/c20-14(8-25-15-17-11-3-1-2-4-13(11)26-15)16-10-6-5-9(18(21)22)7-12(10)19(23)24/h1-7H,8H2,(H,16,20). The van der Waals surface area contributed by atoms with Gasteiger partial charge >= 0.3 is 0 Å². The Morgan fingerprint density at radius 3 is 2.62 bits per heavy atom. The van der Waals surface area contributed by atoms with Gasteiger partial charge in [-0.3, -0.25) is 25.0 Å². The van der Waals surface area contributed by atoms with Gasteiger partial charge < -0.3 is 5.32 Å². The van der Waals surface area contributed by atoms with Crippen LogP contribution in [0.2, 0.25) is 0 Å². The highest BCUT2D eigenvalue weighted by Gasteiger charge is 2.21. The molecule has 0 spiro atoms. The molecule has 0 radical (unpaired) electrons. The van der Waals surface area contributed by atoms with E-state index in [1.165, 1.54) is 23.1 Å². The molecule has 0 saturated carbocycles. The number of fused-ring (bicyclic) bond motifs is 1. The molecule has 11 heteroatoms. The van der Waals surface area contributed by atoms with Gasteiger partial charge in [-0.25, -0.2) is 4.98 Å². The number of anilines is 1. The Kier molecular flexibility index (Phi) is 5.09. The number of para-hydroxylation sites is 1. The number of nitrogens with one attached hydrogen (secondary N) is 1. The van der Waals surface area contributed by atoms with E-state index < -0.39 is 27.1 Å². The van der Waals surface area contributed by atoms with Gasteiger partial charge in [0.1, 0.15) is 5.69 Å². The molecule has 0 saturated heterocycles. The first-order chi connectivity index (χ1) is 12.4. The average Bonchev–Trinajstić information content (AvgIpc) is 3.03. The highest BCUT2D eigenvalue weighted by Crippen LogP contribution is 2.31. The molecule has 0 aliphatic carbocycles. The Hall–Kier alpha value is -3.05. The summed E-state index contributed by atoms with van der Waals surface area (Å²) in [6.07, 6.45) is 0. The van der Waals surface area contributed by atoms with E-state index in [9.17, 15) is 25.0 Å². The van der Waals surface area contributed by atoms with Crippen molar-refractivity contribution in [3.63, 3.8) is 0 Å². The second-order valence-electron chi connectivity index (χ2n) is 5.00. The number of aromatic nitrogens is 1. The molecular formula is C15H10N4O5S2. The van der Waals surface area contributed by atoms with E-state index in [0.717, 1.165) is 28.4 Å². The lowest BCUT2D eigenvalue weighted by atomic mass is 10.2. The average molecular weight is 390 g/mol. The lowest BCUT2D eigenvalue weighted by Gasteiger charge is -2.05. The lowest BCUT2D eigenvalue weighted by Crippen LogP contribution is -2.15. The molecule has 2 aromatic carbocycles. The second-order valence-corrected chi connectivity index (χ2v) is 7.25. The Morgan fingerprint density at radius 2 is 1.92 bits per heavy atom. The van der Waals surface area contributed by atoms with Crippen molar-refractivity contribution >= 4 is 56.3 Å². The Balaban J connectivity index is 1.69. The SMILES string of the molecule is O=C(CSc1nc2ccccc2s1)Nc1ccc([N+](=O)[O-])cc1[N+](=O)[O-]. The second kappa shape index (κ2) is 7.45. The molecule has 1 N–H and O–H groups in total. The molecule has 1 heterocycles. The number of carbonyl (C=O) groups excluding carboxylic acids is 1. The van der Waals surface area contributed by atoms with Crippen molar-refractivity contribution in [3.05, 3.63) is 62.7 Å². The van der Waals surface area contributed by atoms with E-state index in [0.29, 0.717) is 4.34 Å². The summed E-state index contributed by atoms with van der Waals surface area (Å²) < 4.78 is 1.71. The molecule has 3 aromatic rings. The summed E-state index contributed by atoms with van der Waals surface area (Å²) in [6, 6.07) is 10.6. The van der Waals surface area contributed by atoms with Crippen LogP contribution in [-0.4, -0.2) is 26.5 Å². The Labute approximate surface area is 154 Å². The zero-order chi connectivity index (χ0) is 18.7. The number of amides is 1. The monoisotopic (exact) mass is 390 g/mol. The number of thiazole rings is 1. The number of non-ortho nitro benzene ring substituents is 1. The quantitative estimate of drug-likeness (QED) is 0.384. The third kappa shape index (κ3) is 3.95. The molecule has 0 unspecified atom stereocenters. The molecule has 0 aliphatic heterocycles. The van der Waals surface area contributed by atoms with E-state index >= 15 is 0 Å². The molecule has 3 rings (SSSR count). The van der Waals surface area contributed by atoms with Gasteiger partial charge in [-0.1, -0.05) is 23.9 Å². The number of hydrogen-bond donors (Lipinski definition) is 1. The van der Waals surface area contributed by atoms with E-state index in [2.05, 4.69) is 10.3 Å². The summed E-state index contributed by atoms with van der Waals surface area (Å²) in [7, 11) is 0. The maximum absolute atomic E-state index is 12.1. The number of carbonyl (C=O) groups is 1. The summed E-state index contributed by atoms with van der Waals surface area (Å²) in [5, 5.41) is 24.2. The zero-order valence-electron chi connectivity index (χ0n) is 12.9. The molecule has 0 atom stereocenters. The van der Waals surface area contributed by atoms with Crippen LogP contribution in [-0.2, 0) is 4.79 Å². The molecule has 0 bridgehead atoms. The van der Waals surface area contributed by atoms with Crippen LogP contribution in [0.15, 0.2) is 46.8 Å². The number of benzene rings is 2. The van der Waals surface area contributed by atoms with Gasteiger partial charge in [-0.2, -0.15) is 0 Å². The number of nitro groups is 2. The van der Waals surface area contributed by atoms with E-state index in [1.807, 2.05) is 24.3 Å². The van der Waals surface area contributed by atoms with Gasteiger partial charge in [0.15, 0.2) is 4.34 Å². The van der Waals surface area contributed by atoms with Gasteiger partial charge in [0.05, 0.1) is 31.9 Å². The first-order valence-electron chi connectivity index (χ1n) is 7.15. The van der Waals surface area contributed by atoms with Crippen molar-refractivity contribution in [2.75, 3.05) is 11.1 Å². The van der Waals surface area contributed by atoms with Gasteiger partial charge in [-0.15, -0.1) is 11.3 Å². The van der Waals surface area contributed by atoms with Crippen molar-refractivity contribution in [2.24, 2.45) is 0 Å². The molecular weight excluding hydrogens is 380 g/mol. The maximum Gasteiger partial charge on any atom is 0.299 e. The largest absolute Gasteiger partial charge is 0.320 e. The Bertz CT molecular complexity index is 987. The number of rotatable bonds is 6. The predicted molar refractivity (Wildman–Crippen MR) is 98.7 cm³/mol. The first-order valence-corrected chi connectivity index (χ1v) is 8.95. The number of nitrogens with zero attached hydrogens (tertiary/aromatic N) is 3. The van der Waals surface area contributed by atoms with E-state index in [-0.39, 0.29) is 11.4 Å². The summed E-state index contributed by atoms with van der Waals surface area (Å²) in [4.78, 5) is 36.8. The summed E-state index contributed by atoms with van der Waals surface area (Å²) in [6.45, 7) is 0. The van der Waals surface area contributed by atoms with Crippen molar-refractivity contribution in [1.82, 2.24) is 4.98 Å². The predicted octanol–water partition coefficient (Wildman–Crippen LogP) is 3.84. The van der Waals surface area contributed by atoms with Gasteiger partial charge in [0.25, 0.3) is 11.4 Å². The third-order valence-electron chi connectivity index (χ3n) is 3.26. The molecule has 0 fully saturated rings. The molecule has 1 aromatic heterocycles. The van der Waals surface area contributed by atoms with Gasteiger partial charge in [0, 0.05) is 6.07 Å². The molecule has 0 aliphatic rings. The van der Waals surface area contributed by atoms with Crippen LogP contribution in [0.25, 0.3) is 10.2 Å². The molecule has 26 heavy (non-hydrogen) atoms. The van der Waals surface area contributed by atoms with Crippen molar-refractivity contribution in [1.29, 1.82) is 0 Å². The van der Waals surface area contributed by atoms with Crippen LogP contribution in [0.3, 0.4) is 0 Å². The van der Waals surface area contributed by atoms with Crippen molar-refractivity contribution < 1.29 is 14.6 Å². The fourth-order valence-electron chi connectivity index (χ4n) is 2.12. The summed E-state index contributed by atoms with van der Waals surface area (Å²) in [5.41, 5.74) is -0.196. The van der Waals surface area contributed by atoms with Crippen molar-refractivity contribution in [3.8, 4) is 0 Å². The highest BCUT2D eigenvalue weighted by atomic mass is 32.2.